The summed E-state index contributed by atoms with van der Waals surface area (Å²) < 4.78 is 20.1. The van der Waals surface area contributed by atoms with E-state index in [9.17, 15) is 18.8 Å². The number of H-pyrrole nitrogens is 1. The van der Waals surface area contributed by atoms with Gasteiger partial charge in [0.05, 0.1) is 17.9 Å². The van der Waals surface area contributed by atoms with Crippen LogP contribution in [-0.4, -0.2) is 38.1 Å². The van der Waals surface area contributed by atoms with Gasteiger partial charge >= 0.3 is 0 Å². The predicted octanol–water partition coefficient (Wildman–Crippen LogP) is 4.01. The van der Waals surface area contributed by atoms with Crippen LogP contribution in [0, 0.1) is 11.7 Å². The van der Waals surface area contributed by atoms with Gasteiger partial charge in [0, 0.05) is 36.3 Å². The summed E-state index contributed by atoms with van der Waals surface area (Å²) in [6.45, 7) is 0.133. The predicted molar refractivity (Wildman–Crippen MR) is 141 cm³/mol. The van der Waals surface area contributed by atoms with Crippen LogP contribution in [0.5, 0.6) is 0 Å². The van der Waals surface area contributed by atoms with Gasteiger partial charge in [-0.1, -0.05) is 30.3 Å². The second-order valence-electron chi connectivity index (χ2n) is 9.00. The second-order valence-corrected chi connectivity index (χ2v) is 9.00. The molecule has 6 rings (SSSR count). The number of anilines is 2. The Balaban J connectivity index is 1.32. The zero-order valence-corrected chi connectivity index (χ0v) is 20.4. The van der Waals surface area contributed by atoms with Crippen LogP contribution in [0.3, 0.4) is 0 Å². The monoisotopic (exact) mass is 524 g/mol. The average Bonchev–Trinajstić information content (AvgIpc) is 3.70. The zero-order valence-electron chi connectivity index (χ0n) is 20.4. The summed E-state index contributed by atoms with van der Waals surface area (Å²) >= 11 is 0. The molecule has 3 aromatic heterocycles. The number of nitrogens with one attached hydrogen (secondary N) is 2. The fourth-order valence-electron chi connectivity index (χ4n) is 4.46. The highest BCUT2D eigenvalue weighted by atomic mass is 19.1. The lowest BCUT2D eigenvalue weighted by molar-refractivity contribution is -0.122. The molecule has 0 radical (unpaired) electrons. The molecule has 2 N–H and O–H groups in total. The van der Waals surface area contributed by atoms with Crippen molar-refractivity contribution < 1.29 is 18.4 Å². The molecule has 1 aliphatic heterocycles. The van der Waals surface area contributed by atoms with E-state index in [2.05, 4.69) is 20.4 Å². The molecular formula is C28H21FN6O4. The van der Waals surface area contributed by atoms with E-state index in [1.54, 1.807) is 18.2 Å². The summed E-state index contributed by atoms with van der Waals surface area (Å²) in [5.74, 6) is -0.972. The van der Waals surface area contributed by atoms with E-state index < -0.39 is 23.2 Å². The van der Waals surface area contributed by atoms with Gasteiger partial charge in [0.2, 0.25) is 17.8 Å². The third-order valence-corrected chi connectivity index (χ3v) is 6.37. The molecule has 4 heterocycles. The third kappa shape index (κ3) is 4.85. The smallest absolute Gasteiger partial charge is 0.252 e. The lowest BCUT2D eigenvalue weighted by Crippen LogP contribution is -2.28. The standard InChI is InChI=1S/C28H21FN6O4/c29-19-8-10-20(11-9-19)34-16-18(13-26(34)37)27(38)31-24-14-22(23-7-4-12-39-23)33-35(24)28-30-21(15-25(36)32-28)17-5-2-1-3-6-17/h1-12,14-15,18H,13,16H2,(H,31,38)(H,30,32,36). The van der Waals surface area contributed by atoms with Crippen molar-refractivity contribution in [2.75, 3.05) is 16.8 Å². The van der Waals surface area contributed by atoms with Crippen LogP contribution in [0.15, 0.2) is 94.3 Å². The number of rotatable bonds is 6. The Morgan fingerprint density at radius 1 is 1.00 bits per heavy atom. The highest BCUT2D eigenvalue weighted by molar-refractivity contribution is 6.03. The third-order valence-electron chi connectivity index (χ3n) is 6.37. The summed E-state index contributed by atoms with van der Waals surface area (Å²) in [6.07, 6.45) is 1.48. The lowest BCUT2D eigenvalue weighted by atomic mass is 10.1. The maximum Gasteiger partial charge on any atom is 0.252 e. The van der Waals surface area contributed by atoms with Gasteiger partial charge in [-0.2, -0.15) is 9.78 Å². The van der Waals surface area contributed by atoms with E-state index in [1.165, 1.54) is 46.2 Å². The number of nitrogens with zero attached hydrogens (tertiary/aromatic N) is 4. The van der Waals surface area contributed by atoms with Gasteiger partial charge in [0.1, 0.15) is 17.3 Å². The van der Waals surface area contributed by atoms with Crippen LogP contribution in [0.25, 0.3) is 28.7 Å². The Morgan fingerprint density at radius 2 is 1.79 bits per heavy atom. The fourth-order valence-corrected chi connectivity index (χ4v) is 4.46. The minimum absolute atomic E-state index is 0.0129. The quantitative estimate of drug-likeness (QED) is 0.346. The van der Waals surface area contributed by atoms with E-state index in [-0.39, 0.29) is 30.6 Å². The molecule has 1 atom stereocenters. The number of aromatic amines is 1. The Bertz CT molecular complexity index is 1710. The number of carbonyl (C=O) groups is 2. The van der Waals surface area contributed by atoms with Crippen molar-refractivity contribution >= 4 is 23.3 Å². The van der Waals surface area contributed by atoms with Crippen LogP contribution < -0.4 is 15.8 Å². The first kappa shape index (κ1) is 24.0. The number of amides is 2. The van der Waals surface area contributed by atoms with Crippen molar-refractivity contribution in [1.29, 1.82) is 0 Å². The highest BCUT2D eigenvalue weighted by Gasteiger charge is 2.35. The summed E-state index contributed by atoms with van der Waals surface area (Å²) in [5.41, 5.74) is 1.68. The zero-order chi connectivity index (χ0) is 26.9. The van der Waals surface area contributed by atoms with Crippen LogP contribution in [0.2, 0.25) is 0 Å². The Hall–Kier alpha value is -5.32. The van der Waals surface area contributed by atoms with E-state index >= 15 is 0 Å². The molecule has 0 bridgehead atoms. The number of benzene rings is 2. The van der Waals surface area contributed by atoms with Crippen molar-refractivity contribution in [3.05, 3.63) is 101 Å². The fraction of sp³-hybridized carbons (Fsp3) is 0.107. The summed E-state index contributed by atoms with van der Waals surface area (Å²) in [4.78, 5) is 47.2. The van der Waals surface area contributed by atoms with Crippen LogP contribution >= 0.6 is 0 Å². The Labute approximate surface area is 220 Å². The Morgan fingerprint density at radius 3 is 2.54 bits per heavy atom. The average molecular weight is 525 g/mol. The van der Waals surface area contributed by atoms with Crippen molar-refractivity contribution in [3.8, 4) is 28.7 Å². The number of furan rings is 1. The molecule has 194 valence electrons. The van der Waals surface area contributed by atoms with Crippen molar-refractivity contribution in [2.24, 2.45) is 5.92 Å². The minimum atomic E-state index is -0.666. The lowest BCUT2D eigenvalue weighted by Gasteiger charge is -2.16. The molecule has 39 heavy (non-hydrogen) atoms. The molecule has 2 aromatic carbocycles. The van der Waals surface area contributed by atoms with Gasteiger partial charge in [0.15, 0.2) is 5.76 Å². The Kier molecular flexibility index (Phi) is 6.08. The molecule has 1 fully saturated rings. The number of hydrogen-bond acceptors (Lipinski definition) is 6. The van der Waals surface area contributed by atoms with Crippen molar-refractivity contribution in [1.82, 2.24) is 19.7 Å². The van der Waals surface area contributed by atoms with Crippen LogP contribution in [0.4, 0.5) is 15.9 Å². The van der Waals surface area contributed by atoms with Gasteiger partial charge < -0.3 is 14.6 Å². The minimum Gasteiger partial charge on any atom is -0.463 e. The summed E-state index contributed by atoms with van der Waals surface area (Å²) in [7, 11) is 0. The molecular weight excluding hydrogens is 503 g/mol. The van der Waals surface area contributed by atoms with Gasteiger partial charge in [0.25, 0.3) is 5.56 Å². The molecule has 2 amide bonds. The first-order valence-corrected chi connectivity index (χ1v) is 12.1. The first-order chi connectivity index (χ1) is 18.9. The molecule has 0 saturated carbocycles. The maximum absolute atomic E-state index is 13.3. The van der Waals surface area contributed by atoms with Gasteiger partial charge in [-0.15, -0.1) is 0 Å². The van der Waals surface area contributed by atoms with Crippen LogP contribution in [-0.2, 0) is 9.59 Å². The summed E-state index contributed by atoms with van der Waals surface area (Å²) in [6, 6.07) is 21.1. The van der Waals surface area contributed by atoms with E-state index in [4.69, 9.17) is 4.42 Å². The molecule has 5 aromatic rings. The molecule has 11 heteroatoms. The highest BCUT2D eigenvalue weighted by Crippen LogP contribution is 2.28. The normalized spacial score (nSPS) is 15.1. The topological polar surface area (TPSA) is 126 Å². The molecule has 1 unspecified atom stereocenters. The van der Waals surface area contributed by atoms with Gasteiger partial charge in [-0.3, -0.25) is 19.4 Å². The molecule has 10 nitrogen and oxygen atoms in total. The molecule has 1 aliphatic rings. The van der Waals surface area contributed by atoms with E-state index in [0.29, 0.717) is 22.8 Å². The van der Waals surface area contributed by atoms with Crippen molar-refractivity contribution in [3.63, 3.8) is 0 Å². The first-order valence-electron chi connectivity index (χ1n) is 12.1. The van der Waals surface area contributed by atoms with E-state index in [1.807, 2.05) is 30.3 Å². The largest absolute Gasteiger partial charge is 0.463 e. The number of aromatic nitrogens is 4. The SMILES string of the molecule is O=C(Nc1cc(-c2ccco2)nn1-c1nc(-c2ccccc2)cc(=O)[nH]1)C1CC(=O)N(c2ccc(F)cc2)C1. The maximum atomic E-state index is 13.3. The van der Waals surface area contributed by atoms with Crippen LogP contribution in [0.1, 0.15) is 6.42 Å². The second kappa shape index (κ2) is 9.86. The molecule has 1 saturated heterocycles. The van der Waals surface area contributed by atoms with E-state index in [0.717, 1.165) is 5.56 Å². The van der Waals surface area contributed by atoms with Crippen molar-refractivity contribution in [2.45, 2.75) is 6.42 Å². The number of carbonyl (C=O) groups excluding carboxylic acids is 2. The summed E-state index contributed by atoms with van der Waals surface area (Å²) in [5, 5.41) is 7.36. The van der Waals surface area contributed by atoms with Gasteiger partial charge in [-0.05, 0) is 36.4 Å². The van der Waals surface area contributed by atoms with Gasteiger partial charge in [-0.25, -0.2) is 9.37 Å². The number of halogens is 1. The number of hydrogen-bond donors (Lipinski definition) is 2. The molecule has 0 spiro atoms. The molecule has 0 aliphatic carbocycles.